The van der Waals surface area contributed by atoms with Crippen LogP contribution in [0.2, 0.25) is 10.0 Å². The van der Waals surface area contributed by atoms with Crippen LogP contribution in [0.5, 0.6) is 0 Å². The summed E-state index contributed by atoms with van der Waals surface area (Å²) in [5.41, 5.74) is 3.69. The minimum atomic E-state index is -0.0960. The fourth-order valence-corrected chi connectivity index (χ4v) is 3.72. The van der Waals surface area contributed by atoms with E-state index >= 15 is 0 Å². The zero-order valence-corrected chi connectivity index (χ0v) is 15.1. The van der Waals surface area contributed by atoms with Crippen molar-refractivity contribution in [2.75, 3.05) is 13.1 Å². The zero-order valence-electron chi connectivity index (χ0n) is 13.6. The zero-order chi connectivity index (χ0) is 17.6. The van der Waals surface area contributed by atoms with Crippen LogP contribution in [-0.4, -0.2) is 35.7 Å². The molecule has 0 N–H and O–H groups in total. The van der Waals surface area contributed by atoms with E-state index in [2.05, 4.69) is 18.1 Å². The van der Waals surface area contributed by atoms with Gasteiger partial charge < -0.3 is 9.74 Å². The molecule has 0 saturated carbocycles. The molecule has 2 aliphatic rings. The van der Waals surface area contributed by atoms with Crippen molar-refractivity contribution in [3.05, 3.63) is 69.2 Å². The molecule has 0 aromatic heterocycles. The first-order chi connectivity index (χ1) is 12.0. The predicted molar refractivity (Wildman–Crippen MR) is 98.4 cm³/mol. The number of hydrogen-bond donors (Lipinski definition) is 0. The Morgan fingerprint density at radius 1 is 1.16 bits per heavy atom. The number of carbonyl (C=O) groups excluding carboxylic acids is 1. The molecule has 4 nitrogen and oxygen atoms in total. The average molecular weight is 375 g/mol. The van der Waals surface area contributed by atoms with Gasteiger partial charge in [-0.3, -0.25) is 4.79 Å². The summed E-state index contributed by atoms with van der Waals surface area (Å²) in [6.45, 7) is 3.15. The highest BCUT2D eigenvalue weighted by Gasteiger charge is 2.44. The number of nitrogens with zero attached hydrogens (tertiary/aromatic N) is 2. The van der Waals surface area contributed by atoms with Gasteiger partial charge in [-0.25, -0.2) is 0 Å². The van der Waals surface area contributed by atoms with Crippen LogP contribution in [0.4, 0.5) is 0 Å². The van der Waals surface area contributed by atoms with Crippen molar-refractivity contribution >= 4 is 34.8 Å². The van der Waals surface area contributed by atoms with E-state index in [0.717, 1.165) is 16.8 Å². The van der Waals surface area contributed by atoms with Crippen LogP contribution in [0.25, 0.3) is 0 Å². The number of likely N-dealkylation sites (tertiary alicyclic amines) is 1. The predicted octanol–water partition coefficient (Wildman–Crippen LogP) is 4.18. The van der Waals surface area contributed by atoms with E-state index in [9.17, 15) is 4.79 Å². The summed E-state index contributed by atoms with van der Waals surface area (Å²) < 4.78 is 0. The average Bonchev–Trinajstić information content (AvgIpc) is 3.18. The number of amides is 1. The maximum absolute atomic E-state index is 12.8. The monoisotopic (exact) mass is 374 g/mol. The Morgan fingerprint density at radius 3 is 2.72 bits per heavy atom. The van der Waals surface area contributed by atoms with Gasteiger partial charge in [0.15, 0.2) is 6.10 Å². The number of rotatable bonds is 2. The highest BCUT2D eigenvalue weighted by atomic mass is 35.5. The van der Waals surface area contributed by atoms with Gasteiger partial charge in [-0.1, -0.05) is 52.6 Å². The minimum Gasteiger partial charge on any atom is -0.390 e. The number of carbonyl (C=O) groups is 1. The molecule has 2 heterocycles. The third-order valence-corrected chi connectivity index (χ3v) is 5.52. The first kappa shape index (κ1) is 16.4. The molecule has 1 amide bonds. The van der Waals surface area contributed by atoms with Crippen LogP contribution in [0, 0.1) is 12.8 Å². The van der Waals surface area contributed by atoms with Gasteiger partial charge in [0.2, 0.25) is 0 Å². The Labute approximate surface area is 156 Å². The van der Waals surface area contributed by atoms with Gasteiger partial charge >= 0.3 is 0 Å². The van der Waals surface area contributed by atoms with Crippen molar-refractivity contribution in [1.29, 1.82) is 0 Å². The van der Waals surface area contributed by atoms with E-state index in [1.165, 1.54) is 0 Å². The number of halogens is 2. The van der Waals surface area contributed by atoms with Gasteiger partial charge in [0, 0.05) is 17.7 Å². The quantitative estimate of drug-likeness (QED) is 0.791. The summed E-state index contributed by atoms with van der Waals surface area (Å²) in [7, 11) is 0. The van der Waals surface area contributed by atoms with Crippen LogP contribution in [0.15, 0.2) is 47.6 Å². The molecule has 0 bridgehead atoms. The molecule has 4 rings (SSSR count). The summed E-state index contributed by atoms with van der Waals surface area (Å²) in [6.07, 6.45) is -0.0960. The van der Waals surface area contributed by atoms with Crippen molar-refractivity contribution in [3.8, 4) is 0 Å². The Kier molecular flexibility index (Phi) is 4.18. The standard InChI is InChI=1S/C19H16Cl2N2O2/c1-11-4-2-3-5-13(11)18-14-9-23(10-17(14)25-22-18)19(24)12-6-7-15(20)16(21)8-12/h2-8,14,17H,9-10H2,1H3. The first-order valence-corrected chi connectivity index (χ1v) is 8.84. The molecule has 2 aromatic rings. The molecule has 25 heavy (non-hydrogen) atoms. The van der Waals surface area contributed by atoms with Gasteiger partial charge in [-0.2, -0.15) is 0 Å². The minimum absolute atomic E-state index is 0.0688. The third-order valence-electron chi connectivity index (χ3n) is 4.78. The lowest BCUT2D eigenvalue weighted by molar-refractivity contribution is 0.0631. The molecule has 1 saturated heterocycles. The highest BCUT2D eigenvalue weighted by Crippen LogP contribution is 2.32. The molecule has 0 aliphatic carbocycles. The second-order valence-electron chi connectivity index (χ2n) is 6.38. The number of aryl methyl sites for hydroxylation is 1. The summed E-state index contributed by atoms with van der Waals surface area (Å²) in [6, 6.07) is 13.0. The van der Waals surface area contributed by atoms with E-state index in [-0.39, 0.29) is 17.9 Å². The van der Waals surface area contributed by atoms with Crippen molar-refractivity contribution in [1.82, 2.24) is 4.90 Å². The van der Waals surface area contributed by atoms with Crippen molar-refractivity contribution in [3.63, 3.8) is 0 Å². The second-order valence-corrected chi connectivity index (χ2v) is 7.20. The van der Waals surface area contributed by atoms with Crippen LogP contribution in [-0.2, 0) is 4.84 Å². The smallest absolute Gasteiger partial charge is 0.254 e. The molecule has 0 spiro atoms. The third kappa shape index (κ3) is 2.90. The Hall–Kier alpha value is -2.04. The Balaban J connectivity index is 1.55. The van der Waals surface area contributed by atoms with Crippen molar-refractivity contribution < 1.29 is 9.63 Å². The summed E-state index contributed by atoms with van der Waals surface area (Å²) in [5.74, 6) is 0.0218. The van der Waals surface area contributed by atoms with Gasteiger partial charge in [-0.05, 0) is 30.7 Å². The van der Waals surface area contributed by atoms with Crippen molar-refractivity contribution in [2.45, 2.75) is 13.0 Å². The largest absolute Gasteiger partial charge is 0.390 e. The maximum Gasteiger partial charge on any atom is 0.254 e. The van der Waals surface area contributed by atoms with Crippen LogP contribution in [0.1, 0.15) is 21.5 Å². The molecule has 0 radical (unpaired) electrons. The Bertz CT molecular complexity index is 881. The van der Waals surface area contributed by atoms with E-state index in [1.54, 1.807) is 23.1 Å². The van der Waals surface area contributed by atoms with Gasteiger partial charge in [0.1, 0.15) is 0 Å². The summed E-state index contributed by atoms with van der Waals surface area (Å²) >= 11 is 12.0. The molecule has 2 unspecified atom stereocenters. The van der Waals surface area contributed by atoms with Crippen molar-refractivity contribution in [2.24, 2.45) is 11.1 Å². The van der Waals surface area contributed by atoms with E-state index in [4.69, 9.17) is 28.0 Å². The number of hydrogen-bond acceptors (Lipinski definition) is 3. The molecule has 2 aromatic carbocycles. The molecular formula is C19H16Cl2N2O2. The first-order valence-electron chi connectivity index (χ1n) is 8.08. The lowest BCUT2D eigenvalue weighted by atomic mass is 9.92. The van der Waals surface area contributed by atoms with Crippen LogP contribution < -0.4 is 0 Å². The van der Waals surface area contributed by atoms with E-state index in [0.29, 0.717) is 28.7 Å². The van der Waals surface area contributed by atoms with Gasteiger partial charge in [0.25, 0.3) is 5.91 Å². The summed E-state index contributed by atoms with van der Waals surface area (Å²) in [5, 5.41) is 5.10. The number of fused-ring (bicyclic) bond motifs is 1. The Morgan fingerprint density at radius 2 is 1.96 bits per heavy atom. The molecule has 128 valence electrons. The molecule has 6 heteroatoms. The fourth-order valence-electron chi connectivity index (χ4n) is 3.42. The SMILES string of the molecule is Cc1ccccc1C1=NOC2CN(C(=O)c3ccc(Cl)c(Cl)c3)CC12. The second kappa shape index (κ2) is 6.36. The fraction of sp³-hybridized carbons (Fsp3) is 0.263. The number of benzene rings is 2. The van der Waals surface area contributed by atoms with E-state index in [1.807, 2.05) is 18.2 Å². The van der Waals surface area contributed by atoms with Crippen LogP contribution >= 0.6 is 23.2 Å². The topological polar surface area (TPSA) is 41.9 Å². The normalized spacial score (nSPS) is 21.7. The highest BCUT2D eigenvalue weighted by molar-refractivity contribution is 6.42. The molecule has 2 atom stereocenters. The number of oxime groups is 1. The van der Waals surface area contributed by atoms with Gasteiger partial charge in [0.05, 0.1) is 28.2 Å². The molecule has 1 fully saturated rings. The van der Waals surface area contributed by atoms with Crippen LogP contribution in [0.3, 0.4) is 0 Å². The lowest BCUT2D eigenvalue weighted by Gasteiger charge is -2.17. The van der Waals surface area contributed by atoms with E-state index < -0.39 is 0 Å². The lowest BCUT2D eigenvalue weighted by Crippen LogP contribution is -2.30. The molecular weight excluding hydrogens is 359 g/mol. The molecule has 2 aliphatic heterocycles. The van der Waals surface area contributed by atoms with Gasteiger partial charge in [-0.15, -0.1) is 0 Å². The summed E-state index contributed by atoms with van der Waals surface area (Å²) in [4.78, 5) is 20.2. The maximum atomic E-state index is 12.8.